The zero-order valence-corrected chi connectivity index (χ0v) is 9.96. The van der Waals surface area contributed by atoms with E-state index in [-0.39, 0.29) is 0 Å². The Hall–Kier alpha value is -0.870. The molecular formula is C12H21N3O. The average Bonchev–Trinajstić information content (AvgIpc) is 2.72. The van der Waals surface area contributed by atoms with Gasteiger partial charge in [-0.15, -0.1) is 0 Å². The van der Waals surface area contributed by atoms with E-state index < -0.39 is 0 Å². The van der Waals surface area contributed by atoms with E-state index in [0.29, 0.717) is 0 Å². The molecule has 0 amide bonds. The molecule has 1 unspecified atom stereocenters. The van der Waals surface area contributed by atoms with Gasteiger partial charge < -0.3 is 15.2 Å². The number of aryl methyl sites for hydroxylation is 1. The maximum atomic E-state index is 5.13. The van der Waals surface area contributed by atoms with Gasteiger partial charge in [-0.2, -0.15) is 0 Å². The number of nitrogens with one attached hydrogen (secondary N) is 2. The summed E-state index contributed by atoms with van der Waals surface area (Å²) in [5.41, 5.74) is 0.952. The highest BCUT2D eigenvalue weighted by atomic mass is 16.5. The van der Waals surface area contributed by atoms with E-state index in [1.54, 1.807) is 0 Å². The van der Waals surface area contributed by atoms with Crippen molar-refractivity contribution in [2.24, 2.45) is 5.92 Å². The fraction of sp³-hybridized carbons (Fsp3) is 0.750. The van der Waals surface area contributed by atoms with Gasteiger partial charge in [-0.05, 0) is 51.7 Å². The zero-order chi connectivity index (χ0) is 11.2. The molecule has 0 radical (unpaired) electrons. The highest BCUT2D eigenvalue weighted by Crippen LogP contribution is 2.13. The monoisotopic (exact) mass is 223 g/mol. The van der Waals surface area contributed by atoms with Crippen molar-refractivity contribution in [3.8, 4) is 0 Å². The van der Waals surface area contributed by atoms with Crippen LogP contribution in [0.3, 0.4) is 0 Å². The van der Waals surface area contributed by atoms with Gasteiger partial charge in [-0.1, -0.05) is 5.16 Å². The molecule has 1 saturated heterocycles. The highest BCUT2D eigenvalue weighted by molar-refractivity contribution is 5.02. The first kappa shape index (κ1) is 11.6. The van der Waals surface area contributed by atoms with Crippen LogP contribution in [0, 0.1) is 12.8 Å². The zero-order valence-electron chi connectivity index (χ0n) is 9.96. The van der Waals surface area contributed by atoms with Gasteiger partial charge in [0.2, 0.25) is 0 Å². The molecule has 2 heterocycles. The first-order chi connectivity index (χ1) is 7.84. The summed E-state index contributed by atoms with van der Waals surface area (Å²) in [6.45, 7) is 6.18. The van der Waals surface area contributed by atoms with Crippen molar-refractivity contribution in [1.29, 1.82) is 0 Å². The molecule has 4 nitrogen and oxygen atoms in total. The van der Waals surface area contributed by atoms with Crippen LogP contribution in [0.5, 0.6) is 0 Å². The Balaban J connectivity index is 1.57. The minimum absolute atomic E-state index is 0.793. The molecule has 1 atom stereocenters. The summed E-state index contributed by atoms with van der Waals surface area (Å²) in [5.74, 6) is 1.77. The van der Waals surface area contributed by atoms with Crippen LogP contribution in [0.1, 0.15) is 30.7 Å². The summed E-state index contributed by atoms with van der Waals surface area (Å²) in [6, 6.07) is 1.98. The van der Waals surface area contributed by atoms with Gasteiger partial charge in [0, 0.05) is 6.07 Å². The predicted octanol–water partition coefficient (Wildman–Crippen LogP) is 1.46. The van der Waals surface area contributed by atoms with Crippen LogP contribution in [0.4, 0.5) is 0 Å². The number of nitrogens with zero attached hydrogens (tertiary/aromatic N) is 1. The van der Waals surface area contributed by atoms with E-state index in [1.807, 2.05) is 13.0 Å². The largest absolute Gasteiger partial charge is 0.360 e. The van der Waals surface area contributed by atoms with E-state index in [2.05, 4.69) is 15.8 Å². The third kappa shape index (κ3) is 3.61. The highest BCUT2D eigenvalue weighted by Gasteiger charge is 2.11. The van der Waals surface area contributed by atoms with E-state index in [9.17, 15) is 0 Å². The molecule has 1 aromatic heterocycles. The molecule has 0 spiro atoms. The molecule has 0 aromatic carbocycles. The van der Waals surface area contributed by atoms with E-state index >= 15 is 0 Å². The van der Waals surface area contributed by atoms with Gasteiger partial charge in [-0.3, -0.25) is 0 Å². The second-order valence-electron chi connectivity index (χ2n) is 4.61. The van der Waals surface area contributed by atoms with Gasteiger partial charge in [0.25, 0.3) is 0 Å². The van der Waals surface area contributed by atoms with Crippen LogP contribution in [0.2, 0.25) is 0 Å². The maximum Gasteiger partial charge on any atom is 0.150 e. The molecule has 0 aliphatic carbocycles. The summed E-state index contributed by atoms with van der Waals surface area (Å²) in [4.78, 5) is 0. The fourth-order valence-corrected chi connectivity index (χ4v) is 2.19. The Morgan fingerprint density at radius 1 is 1.62 bits per heavy atom. The smallest absolute Gasteiger partial charge is 0.150 e. The molecule has 90 valence electrons. The Bertz CT molecular complexity index is 305. The third-order valence-electron chi connectivity index (χ3n) is 3.10. The standard InChI is InChI=1S/C12H21N3O/c1-10-7-12(16-15-10)9-14-6-4-11-3-2-5-13-8-11/h7,11,13-14H,2-6,8-9H2,1H3. The summed E-state index contributed by atoms with van der Waals surface area (Å²) in [7, 11) is 0. The lowest BCUT2D eigenvalue weighted by atomic mass is 9.96. The molecule has 1 aromatic rings. The fourth-order valence-electron chi connectivity index (χ4n) is 2.19. The Kier molecular flexibility index (Phi) is 4.36. The third-order valence-corrected chi connectivity index (χ3v) is 3.10. The van der Waals surface area contributed by atoms with Crippen molar-refractivity contribution < 1.29 is 4.52 Å². The number of aromatic nitrogens is 1. The molecule has 2 rings (SSSR count). The first-order valence-electron chi connectivity index (χ1n) is 6.18. The molecule has 1 fully saturated rings. The average molecular weight is 223 g/mol. The first-order valence-corrected chi connectivity index (χ1v) is 6.18. The number of hydrogen-bond acceptors (Lipinski definition) is 4. The molecule has 2 N–H and O–H groups in total. The van der Waals surface area contributed by atoms with Crippen LogP contribution in [0.15, 0.2) is 10.6 Å². The van der Waals surface area contributed by atoms with Crippen molar-refractivity contribution in [3.05, 3.63) is 17.5 Å². The molecular weight excluding hydrogens is 202 g/mol. The number of piperidine rings is 1. The van der Waals surface area contributed by atoms with Crippen molar-refractivity contribution >= 4 is 0 Å². The summed E-state index contributed by atoms with van der Waals surface area (Å²) >= 11 is 0. The molecule has 16 heavy (non-hydrogen) atoms. The second-order valence-corrected chi connectivity index (χ2v) is 4.61. The van der Waals surface area contributed by atoms with Gasteiger partial charge in [0.15, 0.2) is 5.76 Å². The van der Waals surface area contributed by atoms with Crippen molar-refractivity contribution in [1.82, 2.24) is 15.8 Å². The molecule has 1 aliphatic heterocycles. The minimum atomic E-state index is 0.793. The molecule has 0 saturated carbocycles. The van der Waals surface area contributed by atoms with Crippen LogP contribution in [-0.2, 0) is 6.54 Å². The van der Waals surface area contributed by atoms with Crippen LogP contribution in [-0.4, -0.2) is 24.8 Å². The lowest BCUT2D eigenvalue weighted by molar-refractivity contribution is 0.340. The number of hydrogen-bond donors (Lipinski definition) is 2. The van der Waals surface area contributed by atoms with Crippen molar-refractivity contribution in [2.45, 2.75) is 32.7 Å². The minimum Gasteiger partial charge on any atom is -0.360 e. The summed E-state index contributed by atoms with van der Waals surface area (Å²) in [5, 5.41) is 10.7. The van der Waals surface area contributed by atoms with Crippen LogP contribution in [0.25, 0.3) is 0 Å². The van der Waals surface area contributed by atoms with Gasteiger partial charge >= 0.3 is 0 Å². The SMILES string of the molecule is Cc1cc(CNCCC2CCCNC2)on1. The van der Waals surface area contributed by atoms with Crippen molar-refractivity contribution in [2.75, 3.05) is 19.6 Å². The Morgan fingerprint density at radius 2 is 2.56 bits per heavy atom. The summed E-state index contributed by atoms with van der Waals surface area (Å²) < 4.78 is 5.13. The Labute approximate surface area is 96.8 Å². The summed E-state index contributed by atoms with van der Waals surface area (Å²) in [6.07, 6.45) is 3.95. The second kappa shape index (κ2) is 6.01. The van der Waals surface area contributed by atoms with Crippen LogP contribution < -0.4 is 10.6 Å². The molecule has 4 heteroatoms. The predicted molar refractivity (Wildman–Crippen MR) is 63.2 cm³/mol. The van der Waals surface area contributed by atoms with Crippen molar-refractivity contribution in [3.63, 3.8) is 0 Å². The van der Waals surface area contributed by atoms with E-state index in [4.69, 9.17) is 4.52 Å². The van der Waals surface area contributed by atoms with E-state index in [1.165, 1.54) is 32.4 Å². The Morgan fingerprint density at radius 3 is 3.25 bits per heavy atom. The topological polar surface area (TPSA) is 50.1 Å². The van der Waals surface area contributed by atoms with Crippen LogP contribution >= 0.6 is 0 Å². The normalized spacial score (nSPS) is 21.2. The maximum absolute atomic E-state index is 5.13. The quantitative estimate of drug-likeness (QED) is 0.742. The number of rotatable bonds is 5. The molecule has 0 bridgehead atoms. The van der Waals surface area contributed by atoms with Gasteiger partial charge in [0.1, 0.15) is 0 Å². The van der Waals surface area contributed by atoms with E-state index in [0.717, 1.165) is 30.5 Å². The lowest BCUT2D eigenvalue weighted by Crippen LogP contribution is -2.31. The molecule has 1 aliphatic rings. The van der Waals surface area contributed by atoms with Gasteiger partial charge in [-0.25, -0.2) is 0 Å². The van der Waals surface area contributed by atoms with Gasteiger partial charge in [0.05, 0.1) is 12.2 Å². The lowest BCUT2D eigenvalue weighted by Gasteiger charge is -2.22.